The monoisotopic (exact) mass is 438 g/mol. The van der Waals surface area contributed by atoms with E-state index >= 15 is 0 Å². The maximum absolute atomic E-state index is 12.5. The van der Waals surface area contributed by atoms with Crippen molar-refractivity contribution in [3.05, 3.63) is 78.9 Å². The summed E-state index contributed by atoms with van der Waals surface area (Å²) in [5, 5.41) is 13.1. The quantitative estimate of drug-likeness (QED) is 0.466. The molecule has 0 saturated heterocycles. The van der Waals surface area contributed by atoms with Crippen molar-refractivity contribution >= 4 is 11.8 Å². The second kappa shape index (κ2) is 12.8. The van der Waals surface area contributed by atoms with Gasteiger partial charge in [0.25, 0.3) is 5.91 Å². The van der Waals surface area contributed by atoms with Crippen LogP contribution >= 0.6 is 0 Å². The molecule has 0 aliphatic rings. The fourth-order valence-electron chi connectivity index (χ4n) is 2.83. The Balaban J connectivity index is 2.14. The fourth-order valence-corrected chi connectivity index (χ4v) is 2.83. The van der Waals surface area contributed by atoms with Gasteiger partial charge in [0, 0.05) is 32.1 Å². The number of phenolic OH excluding ortho intramolecular Hbond substituents is 1. The highest BCUT2D eigenvalue weighted by molar-refractivity contribution is 6.00. The molecular formula is C25H30N2O5. The van der Waals surface area contributed by atoms with Gasteiger partial charge in [-0.3, -0.25) is 9.59 Å². The van der Waals surface area contributed by atoms with E-state index in [9.17, 15) is 14.7 Å². The molecule has 0 spiro atoms. The molecular weight excluding hydrogens is 408 g/mol. The minimum Gasteiger partial charge on any atom is -0.507 e. The van der Waals surface area contributed by atoms with Crippen LogP contribution in [-0.2, 0) is 11.4 Å². The molecule has 0 bridgehead atoms. The zero-order chi connectivity index (χ0) is 23.3. The SMILES string of the molecule is C=CCCC(=O)N(C)CCOc1cc(OCc2ccccc2)cc(O)c1C(=O)NCC=C. The lowest BCUT2D eigenvalue weighted by molar-refractivity contribution is -0.130. The van der Waals surface area contributed by atoms with Crippen molar-refractivity contribution in [1.82, 2.24) is 10.2 Å². The molecule has 0 radical (unpaired) electrons. The number of nitrogens with one attached hydrogen (secondary N) is 1. The van der Waals surface area contributed by atoms with Gasteiger partial charge in [0.05, 0.1) is 6.54 Å². The number of phenols is 1. The third-order valence-electron chi connectivity index (χ3n) is 4.61. The van der Waals surface area contributed by atoms with E-state index in [-0.39, 0.29) is 36.1 Å². The molecule has 32 heavy (non-hydrogen) atoms. The molecule has 2 N–H and O–H groups in total. The van der Waals surface area contributed by atoms with Gasteiger partial charge in [0.2, 0.25) is 5.91 Å². The Morgan fingerprint density at radius 1 is 1.12 bits per heavy atom. The van der Waals surface area contributed by atoms with Gasteiger partial charge >= 0.3 is 0 Å². The van der Waals surface area contributed by atoms with Crippen molar-refractivity contribution in [2.75, 3.05) is 26.7 Å². The summed E-state index contributed by atoms with van der Waals surface area (Å²) in [6.07, 6.45) is 4.21. The number of amides is 2. The Bertz CT molecular complexity index is 927. The van der Waals surface area contributed by atoms with Gasteiger partial charge in [-0.1, -0.05) is 42.5 Å². The highest BCUT2D eigenvalue weighted by Crippen LogP contribution is 2.34. The van der Waals surface area contributed by atoms with Crippen LogP contribution in [0.1, 0.15) is 28.8 Å². The van der Waals surface area contributed by atoms with Gasteiger partial charge in [-0.15, -0.1) is 13.2 Å². The first-order valence-corrected chi connectivity index (χ1v) is 10.4. The zero-order valence-electron chi connectivity index (χ0n) is 18.4. The number of aromatic hydroxyl groups is 1. The van der Waals surface area contributed by atoms with Gasteiger partial charge in [0.15, 0.2) is 0 Å². The fraction of sp³-hybridized carbons (Fsp3) is 0.280. The van der Waals surface area contributed by atoms with Crippen LogP contribution in [0.15, 0.2) is 67.8 Å². The molecule has 0 aliphatic carbocycles. The summed E-state index contributed by atoms with van der Waals surface area (Å²) in [7, 11) is 1.68. The normalized spacial score (nSPS) is 10.2. The first-order chi connectivity index (χ1) is 15.5. The Kier molecular flexibility index (Phi) is 9.84. The van der Waals surface area contributed by atoms with E-state index < -0.39 is 5.91 Å². The molecule has 2 rings (SSSR count). The minimum absolute atomic E-state index is 0.000418. The number of allylic oxidation sites excluding steroid dienone is 1. The van der Waals surface area contributed by atoms with Crippen LogP contribution in [0.25, 0.3) is 0 Å². The molecule has 0 fully saturated rings. The van der Waals surface area contributed by atoms with E-state index in [1.807, 2.05) is 30.3 Å². The largest absolute Gasteiger partial charge is 0.507 e. The number of benzene rings is 2. The van der Waals surface area contributed by atoms with Crippen LogP contribution in [0, 0.1) is 0 Å². The number of hydrogen-bond donors (Lipinski definition) is 2. The summed E-state index contributed by atoms with van der Waals surface area (Å²) in [6.45, 7) is 8.18. The second-order valence-electron chi connectivity index (χ2n) is 7.08. The molecule has 7 heteroatoms. The Hall–Kier alpha value is -3.74. The van der Waals surface area contributed by atoms with Crippen molar-refractivity contribution in [2.24, 2.45) is 0 Å². The second-order valence-corrected chi connectivity index (χ2v) is 7.08. The van der Waals surface area contributed by atoms with Crippen molar-refractivity contribution in [1.29, 1.82) is 0 Å². The number of likely N-dealkylation sites (N-methyl/N-ethyl adjacent to an activating group) is 1. The summed E-state index contributed by atoms with van der Waals surface area (Å²) < 4.78 is 11.6. The summed E-state index contributed by atoms with van der Waals surface area (Å²) in [5.41, 5.74) is 0.960. The molecule has 0 saturated carbocycles. The molecule has 0 aromatic heterocycles. The number of carbonyl (C=O) groups is 2. The molecule has 0 atom stereocenters. The highest BCUT2D eigenvalue weighted by Gasteiger charge is 2.20. The number of nitrogens with zero attached hydrogens (tertiary/aromatic N) is 1. The summed E-state index contributed by atoms with van der Waals surface area (Å²) in [5.74, 6) is -0.260. The van der Waals surface area contributed by atoms with Crippen LogP contribution < -0.4 is 14.8 Å². The van der Waals surface area contributed by atoms with Crippen molar-refractivity contribution in [2.45, 2.75) is 19.4 Å². The van der Waals surface area contributed by atoms with Crippen LogP contribution in [0.4, 0.5) is 0 Å². The van der Waals surface area contributed by atoms with Gasteiger partial charge in [-0.05, 0) is 12.0 Å². The van der Waals surface area contributed by atoms with E-state index in [0.29, 0.717) is 31.7 Å². The van der Waals surface area contributed by atoms with E-state index in [1.165, 1.54) is 12.1 Å². The number of rotatable bonds is 13. The van der Waals surface area contributed by atoms with E-state index in [2.05, 4.69) is 18.5 Å². The smallest absolute Gasteiger partial charge is 0.259 e. The van der Waals surface area contributed by atoms with Crippen molar-refractivity contribution in [3.63, 3.8) is 0 Å². The lowest BCUT2D eigenvalue weighted by Gasteiger charge is -2.19. The molecule has 0 aliphatic heterocycles. The maximum Gasteiger partial charge on any atom is 0.259 e. The van der Waals surface area contributed by atoms with Crippen molar-refractivity contribution in [3.8, 4) is 17.2 Å². The minimum atomic E-state index is -0.498. The zero-order valence-corrected chi connectivity index (χ0v) is 18.4. The molecule has 170 valence electrons. The molecule has 2 amide bonds. The molecule has 2 aromatic rings. The van der Waals surface area contributed by atoms with Gasteiger partial charge in [-0.25, -0.2) is 0 Å². The molecule has 0 unspecified atom stereocenters. The van der Waals surface area contributed by atoms with Crippen LogP contribution in [0.5, 0.6) is 17.2 Å². The highest BCUT2D eigenvalue weighted by atomic mass is 16.5. The summed E-state index contributed by atoms with van der Waals surface area (Å²) in [6, 6.07) is 12.5. The maximum atomic E-state index is 12.5. The summed E-state index contributed by atoms with van der Waals surface area (Å²) in [4.78, 5) is 26.2. The van der Waals surface area contributed by atoms with Gasteiger partial charge in [-0.2, -0.15) is 0 Å². The first-order valence-electron chi connectivity index (χ1n) is 10.4. The number of hydrogen-bond acceptors (Lipinski definition) is 5. The van der Waals surface area contributed by atoms with E-state index in [4.69, 9.17) is 9.47 Å². The Morgan fingerprint density at radius 2 is 1.88 bits per heavy atom. The predicted molar refractivity (Wildman–Crippen MR) is 124 cm³/mol. The Morgan fingerprint density at radius 3 is 2.56 bits per heavy atom. The third kappa shape index (κ3) is 7.50. The lowest BCUT2D eigenvalue weighted by atomic mass is 10.1. The standard InChI is InChI=1S/C25H30N2O5/c1-4-6-12-23(29)27(3)14-15-31-22-17-20(32-18-19-10-8-7-9-11-19)16-21(28)24(22)25(30)26-13-5-2/h4-5,7-11,16-17,28H,1-2,6,12-15,18H2,3H3,(H,26,30). The van der Waals surface area contributed by atoms with Crippen molar-refractivity contribution < 1.29 is 24.2 Å². The average Bonchev–Trinajstić information content (AvgIpc) is 2.80. The van der Waals surface area contributed by atoms with Gasteiger partial charge < -0.3 is 24.8 Å². The first kappa shape index (κ1) is 24.5. The van der Waals surface area contributed by atoms with Crippen LogP contribution in [0.2, 0.25) is 0 Å². The molecule has 7 nitrogen and oxygen atoms in total. The molecule has 0 heterocycles. The van der Waals surface area contributed by atoms with Crippen LogP contribution in [-0.4, -0.2) is 48.6 Å². The summed E-state index contributed by atoms with van der Waals surface area (Å²) >= 11 is 0. The van der Waals surface area contributed by atoms with Gasteiger partial charge in [0.1, 0.15) is 36.0 Å². The topological polar surface area (TPSA) is 88.1 Å². The average molecular weight is 439 g/mol. The number of carbonyl (C=O) groups excluding carboxylic acids is 2. The number of ether oxygens (including phenoxy) is 2. The molecule has 2 aromatic carbocycles. The van der Waals surface area contributed by atoms with E-state index in [0.717, 1.165) is 5.56 Å². The Labute approximate surface area is 189 Å². The lowest BCUT2D eigenvalue weighted by Crippen LogP contribution is -2.31. The predicted octanol–water partition coefficient (Wildman–Crippen LogP) is 3.69. The van der Waals surface area contributed by atoms with Crippen LogP contribution in [0.3, 0.4) is 0 Å². The van der Waals surface area contributed by atoms with E-state index in [1.54, 1.807) is 24.1 Å². The third-order valence-corrected chi connectivity index (χ3v) is 4.61.